The van der Waals surface area contributed by atoms with Crippen LogP contribution in [0.2, 0.25) is 0 Å². The van der Waals surface area contributed by atoms with Gasteiger partial charge in [0, 0.05) is 24.3 Å². The fourth-order valence-electron chi connectivity index (χ4n) is 2.17. The molecule has 15 heavy (non-hydrogen) atoms. The van der Waals surface area contributed by atoms with Crippen molar-refractivity contribution in [3.8, 4) is 0 Å². The number of ketones is 1. The highest BCUT2D eigenvalue weighted by Gasteiger charge is 2.34. The van der Waals surface area contributed by atoms with Gasteiger partial charge in [0.1, 0.15) is 12.4 Å². The van der Waals surface area contributed by atoms with Gasteiger partial charge < -0.3 is 4.74 Å². The van der Waals surface area contributed by atoms with E-state index in [-0.39, 0.29) is 5.78 Å². The topological polar surface area (TPSA) is 38.7 Å². The number of carbonyl (C=O) groups excluding carboxylic acids is 1. The summed E-state index contributed by atoms with van der Waals surface area (Å²) in [7, 11) is 0. The van der Waals surface area contributed by atoms with Gasteiger partial charge in [-0.15, -0.1) is 0 Å². The zero-order chi connectivity index (χ0) is 10.4. The average Bonchev–Trinajstić information content (AvgIpc) is 2.83. The van der Waals surface area contributed by atoms with Gasteiger partial charge in [-0.2, -0.15) is 0 Å². The first-order valence-electron chi connectivity index (χ1n) is 5.18. The zero-order valence-electron chi connectivity index (χ0n) is 8.54. The molecule has 0 amide bonds. The van der Waals surface area contributed by atoms with Gasteiger partial charge in [-0.3, -0.25) is 9.79 Å². The smallest absolute Gasteiger partial charge is 0.195 e. The highest BCUT2D eigenvalue weighted by molar-refractivity contribution is 6.16. The predicted molar refractivity (Wildman–Crippen MR) is 56.5 cm³/mol. The Morgan fingerprint density at radius 1 is 1.53 bits per heavy atom. The molecule has 0 aromatic heterocycles. The molecule has 1 aliphatic carbocycles. The molecule has 0 radical (unpaired) electrons. The van der Waals surface area contributed by atoms with Crippen LogP contribution in [0.15, 0.2) is 39.2 Å². The van der Waals surface area contributed by atoms with E-state index in [9.17, 15) is 4.79 Å². The molecule has 0 saturated carbocycles. The summed E-state index contributed by atoms with van der Waals surface area (Å²) in [6.07, 6.45) is 5.21. The Labute approximate surface area is 87.8 Å². The summed E-state index contributed by atoms with van der Waals surface area (Å²) >= 11 is 0. The lowest BCUT2D eigenvalue weighted by atomic mass is 9.91. The van der Waals surface area contributed by atoms with Crippen molar-refractivity contribution in [2.24, 2.45) is 4.99 Å². The molecule has 0 saturated heterocycles. The molecule has 0 bridgehead atoms. The number of ether oxygens (including phenoxy) is 1. The van der Waals surface area contributed by atoms with Crippen LogP contribution in [0.3, 0.4) is 0 Å². The number of fused-ring (bicyclic) bond motifs is 1. The van der Waals surface area contributed by atoms with Crippen molar-refractivity contribution in [2.75, 3.05) is 6.61 Å². The van der Waals surface area contributed by atoms with Crippen LogP contribution in [-0.2, 0) is 9.53 Å². The molecule has 0 aromatic carbocycles. The van der Waals surface area contributed by atoms with E-state index >= 15 is 0 Å². The normalized spacial score (nSPS) is 23.0. The molecule has 3 rings (SSSR count). The number of allylic oxidation sites excluding steroid dienone is 3. The molecular weight excluding hydrogens is 190 g/mol. The molecule has 2 heterocycles. The SMILES string of the molecule is CCC1=C2C(=O)C3=C(C=C2OC1)N=CC3. The molecule has 3 heteroatoms. The van der Waals surface area contributed by atoms with Crippen molar-refractivity contribution in [1.29, 1.82) is 0 Å². The van der Waals surface area contributed by atoms with E-state index in [4.69, 9.17) is 4.74 Å². The van der Waals surface area contributed by atoms with Gasteiger partial charge in [0.05, 0.1) is 11.3 Å². The second kappa shape index (κ2) is 2.92. The van der Waals surface area contributed by atoms with Crippen LogP contribution in [0.5, 0.6) is 0 Å². The second-order valence-corrected chi connectivity index (χ2v) is 3.84. The standard InChI is InChI=1S/C12H11NO2/c1-2-7-6-15-10-5-9-8(3-4-13-9)12(14)11(7)10/h4-5H,2-3,6H2,1H3. The maximum atomic E-state index is 12.1. The molecule has 2 aliphatic heterocycles. The molecule has 0 N–H and O–H groups in total. The minimum Gasteiger partial charge on any atom is -0.488 e. The van der Waals surface area contributed by atoms with Crippen LogP contribution >= 0.6 is 0 Å². The molecule has 76 valence electrons. The van der Waals surface area contributed by atoms with Crippen molar-refractivity contribution >= 4 is 12.0 Å². The van der Waals surface area contributed by atoms with E-state index in [1.54, 1.807) is 6.21 Å². The minimum absolute atomic E-state index is 0.120. The van der Waals surface area contributed by atoms with Gasteiger partial charge in [0.15, 0.2) is 5.78 Å². The Bertz CT molecular complexity index is 478. The maximum Gasteiger partial charge on any atom is 0.195 e. The highest BCUT2D eigenvalue weighted by atomic mass is 16.5. The fourth-order valence-corrected chi connectivity index (χ4v) is 2.17. The number of rotatable bonds is 1. The molecular formula is C12H11NO2. The van der Waals surface area contributed by atoms with Gasteiger partial charge in [-0.25, -0.2) is 0 Å². The Balaban J connectivity index is 2.15. The summed E-state index contributed by atoms with van der Waals surface area (Å²) < 4.78 is 5.50. The number of aliphatic imine (C=N–C) groups is 1. The lowest BCUT2D eigenvalue weighted by Gasteiger charge is -2.11. The highest BCUT2D eigenvalue weighted by Crippen LogP contribution is 2.37. The fraction of sp³-hybridized carbons (Fsp3) is 0.333. The average molecular weight is 201 g/mol. The summed E-state index contributed by atoms with van der Waals surface area (Å²) in [4.78, 5) is 16.3. The van der Waals surface area contributed by atoms with Gasteiger partial charge in [-0.05, 0) is 12.0 Å². The van der Waals surface area contributed by atoms with Crippen molar-refractivity contribution < 1.29 is 9.53 Å². The van der Waals surface area contributed by atoms with Crippen molar-refractivity contribution in [2.45, 2.75) is 19.8 Å². The van der Waals surface area contributed by atoms with Gasteiger partial charge in [-0.1, -0.05) is 6.92 Å². The summed E-state index contributed by atoms with van der Waals surface area (Å²) in [6.45, 7) is 2.62. The van der Waals surface area contributed by atoms with Crippen molar-refractivity contribution in [3.05, 3.63) is 34.3 Å². The van der Waals surface area contributed by atoms with Crippen LogP contribution in [0.25, 0.3) is 0 Å². The molecule has 3 aliphatic rings. The van der Waals surface area contributed by atoms with Crippen LogP contribution < -0.4 is 0 Å². The van der Waals surface area contributed by atoms with Crippen LogP contribution in [0.1, 0.15) is 19.8 Å². The van der Waals surface area contributed by atoms with Crippen LogP contribution in [0, 0.1) is 0 Å². The Morgan fingerprint density at radius 3 is 3.20 bits per heavy atom. The molecule has 0 aromatic rings. The maximum absolute atomic E-state index is 12.1. The predicted octanol–water partition coefficient (Wildman–Crippen LogP) is 1.92. The number of Topliss-reactive ketones (excluding diaryl/α,β-unsaturated/α-hetero) is 1. The summed E-state index contributed by atoms with van der Waals surface area (Å²) in [5.74, 6) is 0.837. The van der Waals surface area contributed by atoms with E-state index in [0.29, 0.717) is 13.0 Å². The quantitative estimate of drug-likeness (QED) is 0.650. The number of carbonyl (C=O) groups is 1. The molecule has 0 unspecified atom stereocenters. The third-order valence-corrected chi connectivity index (χ3v) is 3.03. The monoisotopic (exact) mass is 201 g/mol. The first-order chi connectivity index (χ1) is 7.31. The second-order valence-electron chi connectivity index (χ2n) is 3.84. The third kappa shape index (κ3) is 1.06. The van der Waals surface area contributed by atoms with E-state index in [2.05, 4.69) is 11.9 Å². The summed E-state index contributed by atoms with van der Waals surface area (Å²) in [5, 5.41) is 0. The molecule has 3 nitrogen and oxygen atoms in total. The minimum atomic E-state index is 0.120. The Hall–Kier alpha value is -1.64. The first kappa shape index (κ1) is 8.65. The van der Waals surface area contributed by atoms with E-state index in [0.717, 1.165) is 34.6 Å². The summed E-state index contributed by atoms with van der Waals surface area (Å²) in [6, 6.07) is 0. The summed E-state index contributed by atoms with van der Waals surface area (Å²) in [5.41, 5.74) is 3.52. The lowest BCUT2D eigenvalue weighted by Crippen LogP contribution is -2.12. The van der Waals surface area contributed by atoms with E-state index in [1.165, 1.54) is 0 Å². The van der Waals surface area contributed by atoms with Crippen LogP contribution in [0.4, 0.5) is 0 Å². The van der Waals surface area contributed by atoms with E-state index < -0.39 is 0 Å². The largest absolute Gasteiger partial charge is 0.488 e. The van der Waals surface area contributed by atoms with Crippen LogP contribution in [-0.4, -0.2) is 18.6 Å². The van der Waals surface area contributed by atoms with Crippen molar-refractivity contribution in [3.63, 3.8) is 0 Å². The number of hydrogen-bond donors (Lipinski definition) is 0. The number of hydrogen-bond acceptors (Lipinski definition) is 3. The lowest BCUT2D eigenvalue weighted by molar-refractivity contribution is -0.112. The Kier molecular flexibility index (Phi) is 1.69. The first-order valence-corrected chi connectivity index (χ1v) is 5.18. The van der Waals surface area contributed by atoms with Crippen molar-refractivity contribution in [1.82, 2.24) is 0 Å². The van der Waals surface area contributed by atoms with Gasteiger partial charge >= 0.3 is 0 Å². The number of nitrogens with zero attached hydrogens (tertiary/aromatic N) is 1. The molecule has 0 fully saturated rings. The molecule has 0 atom stereocenters. The third-order valence-electron chi connectivity index (χ3n) is 3.03. The van der Waals surface area contributed by atoms with Gasteiger partial charge in [0.2, 0.25) is 0 Å². The van der Waals surface area contributed by atoms with Gasteiger partial charge in [0.25, 0.3) is 0 Å². The zero-order valence-corrected chi connectivity index (χ0v) is 8.54. The Morgan fingerprint density at radius 2 is 2.40 bits per heavy atom. The van der Waals surface area contributed by atoms with E-state index in [1.807, 2.05) is 6.08 Å². The molecule has 0 spiro atoms.